The van der Waals surface area contributed by atoms with Crippen LogP contribution in [-0.2, 0) is 14.8 Å². The maximum Gasteiger partial charge on any atom is 0.284 e. The molecule has 1 fully saturated rings. The smallest absolute Gasteiger partial charge is 0.284 e. The molecule has 1 aromatic heterocycles. The van der Waals surface area contributed by atoms with Crippen LogP contribution in [0.25, 0.3) is 6.08 Å². The summed E-state index contributed by atoms with van der Waals surface area (Å²) in [6.45, 7) is 2.04. The molecule has 0 aliphatic carbocycles. The lowest BCUT2D eigenvalue weighted by Crippen LogP contribution is -2.29. The molecule has 5 nitrogen and oxygen atoms in total. The number of nitrogens with zero attached hydrogens (tertiary/aromatic N) is 2. The molecule has 9 heteroatoms. The molecule has 2 aromatic rings. The minimum atomic E-state index is -4.03. The Morgan fingerprint density at radius 3 is 2.56 bits per heavy atom. The van der Waals surface area contributed by atoms with E-state index in [2.05, 4.69) is 4.40 Å². The monoisotopic (exact) mass is 396 g/mol. The van der Waals surface area contributed by atoms with Gasteiger partial charge in [0.25, 0.3) is 15.9 Å². The van der Waals surface area contributed by atoms with Crippen LogP contribution in [0.2, 0.25) is 0 Å². The van der Waals surface area contributed by atoms with Crippen molar-refractivity contribution in [3.63, 3.8) is 0 Å². The van der Waals surface area contributed by atoms with Crippen molar-refractivity contribution in [1.29, 1.82) is 0 Å². The standard InChI is InChI=1S/C16H13FN2O3S3/c1-2-19-15(20)14(10-12-4-3-9-23-12)24-16(19)18-25(21,22)13-7-5-11(17)6-8-13/h3-10H,2H2,1H3/b14-10-,18-16-. The van der Waals surface area contributed by atoms with E-state index >= 15 is 0 Å². The highest BCUT2D eigenvalue weighted by Crippen LogP contribution is 2.34. The molecule has 25 heavy (non-hydrogen) atoms. The number of rotatable bonds is 4. The summed E-state index contributed by atoms with van der Waals surface area (Å²) in [5, 5.41) is 1.99. The van der Waals surface area contributed by atoms with Crippen molar-refractivity contribution < 1.29 is 17.6 Å². The second-order valence-electron chi connectivity index (χ2n) is 4.98. The van der Waals surface area contributed by atoms with Gasteiger partial charge in [-0.05, 0) is 60.5 Å². The van der Waals surface area contributed by atoms with Crippen molar-refractivity contribution in [2.45, 2.75) is 11.8 Å². The summed E-state index contributed by atoms with van der Waals surface area (Å²) in [6.07, 6.45) is 1.72. The Hall–Kier alpha value is -1.97. The number of sulfonamides is 1. The fourth-order valence-corrected chi connectivity index (χ4v) is 5.09. The Labute approximate surface area is 152 Å². The van der Waals surface area contributed by atoms with E-state index in [1.54, 1.807) is 13.0 Å². The SMILES string of the molecule is CCN1C(=O)/C(=C/c2cccs2)S/C1=N\S(=O)(=O)c1ccc(F)cc1. The summed E-state index contributed by atoms with van der Waals surface area (Å²) in [5.74, 6) is -0.817. The maximum atomic E-state index is 13.0. The van der Waals surface area contributed by atoms with Crippen LogP contribution in [0.4, 0.5) is 4.39 Å². The summed E-state index contributed by atoms with van der Waals surface area (Å²) < 4.78 is 41.6. The van der Waals surface area contributed by atoms with E-state index in [9.17, 15) is 17.6 Å². The largest absolute Gasteiger partial charge is 0.286 e. The van der Waals surface area contributed by atoms with Crippen molar-refractivity contribution in [3.05, 3.63) is 57.4 Å². The molecule has 0 saturated carbocycles. The lowest BCUT2D eigenvalue weighted by atomic mass is 10.4. The molecule has 1 saturated heterocycles. The van der Waals surface area contributed by atoms with Gasteiger partial charge in [-0.1, -0.05) is 6.07 Å². The van der Waals surface area contributed by atoms with Gasteiger partial charge in [0.15, 0.2) is 5.17 Å². The Morgan fingerprint density at radius 1 is 1.24 bits per heavy atom. The number of likely N-dealkylation sites (N-methyl/N-ethyl adjacent to an activating group) is 1. The highest BCUT2D eigenvalue weighted by atomic mass is 32.2. The molecule has 1 aliphatic rings. The molecule has 0 spiro atoms. The van der Waals surface area contributed by atoms with Gasteiger partial charge in [0.2, 0.25) is 0 Å². The second-order valence-corrected chi connectivity index (χ2v) is 8.57. The first kappa shape index (κ1) is 17.8. The minimum Gasteiger partial charge on any atom is -0.286 e. The fourth-order valence-electron chi connectivity index (χ4n) is 2.12. The average molecular weight is 396 g/mol. The quantitative estimate of drug-likeness (QED) is 0.741. The van der Waals surface area contributed by atoms with Crippen LogP contribution < -0.4 is 0 Å². The number of carbonyl (C=O) groups is 1. The van der Waals surface area contributed by atoms with E-state index < -0.39 is 15.8 Å². The first-order chi connectivity index (χ1) is 11.9. The van der Waals surface area contributed by atoms with Crippen LogP contribution >= 0.6 is 23.1 Å². The van der Waals surface area contributed by atoms with E-state index in [4.69, 9.17) is 0 Å². The van der Waals surface area contributed by atoms with Crippen LogP contribution in [0.5, 0.6) is 0 Å². The fraction of sp³-hybridized carbons (Fsp3) is 0.125. The van der Waals surface area contributed by atoms with Gasteiger partial charge >= 0.3 is 0 Å². The van der Waals surface area contributed by atoms with E-state index in [1.165, 1.54) is 16.2 Å². The minimum absolute atomic E-state index is 0.0969. The highest BCUT2D eigenvalue weighted by Gasteiger charge is 2.34. The van der Waals surface area contributed by atoms with Crippen LogP contribution in [0.15, 0.2) is 56.0 Å². The van der Waals surface area contributed by atoms with Crippen molar-refractivity contribution >= 4 is 50.3 Å². The van der Waals surface area contributed by atoms with E-state index in [0.29, 0.717) is 11.4 Å². The molecular formula is C16H13FN2O3S3. The van der Waals surface area contributed by atoms with Crippen molar-refractivity contribution in [2.75, 3.05) is 6.54 Å². The van der Waals surface area contributed by atoms with Gasteiger partial charge in [-0.2, -0.15) is 8.42 Å². The number of amidine groups is 1. The number of benzene rings is 1. The number of hydrogen-bond donors (Lipinski definition) is 0. The molecule has 0 N–H and O–H groups in total. The predicted molar refractivity (Wildman–Crippen MR) is 98.3 cm³/mol. The summed E-state index contributed by atoms with van der Waals surface area (Å²) >= 11 is 2.49. The molecule has 3 rings (SSSR count). The molecule has 0 radical (unpaired) electrons. The molecule has 130 valence electrons. The number of thiophene rings is 1. The summed E-state index contributed by atoms with van der Waals surface area (Å²) in [5.41, 5.74) is 0. The first-order valence-electron chi connectivity index (χ1n) is 7.26. The normalized spacial score (nSPS) is 18.5. The predicted octanol–water partition coefficient (Wildman–Crippen LogP) is 3.57. The highest BCUT2D eigenvalue weighted by molar-refractivity contribution is 8.19. The number of hydrogen-bond acceptors (Lipinski definition) is 5. The van der Waals surface area contributed by atoms with Gasteiger partial charge in [0.05, 0.1) is 9.80 Å². The Bertz CT molecular complexity index is 949. The van der Waals surface area contributed by atoms with Gasteiger partial charge in [-0.15, -0.1) is 15.7 Å². The van der Waals surface area contributed by atoms with Crippen LogP contribution in [0.3, 0.4) is 0 Å². The number of halogens is 1. The third-order valence-corrected chi connectivity index (χ3v) is 6.55. The van der Waals surface area contributed by atoms with Crippen LogP contribution in [0.1, 0.15) is 11.8 Å². The lowest BCUT2D eigenvalue weighted by molar-refractivity contribution is -0.122. The third kappa shape index (κ3) is 3.83. The van der Waals surface area contributed by atoms with Crippen LogP contribution in [-0.4, -0.2) is 30.9 Å². The summed E-state index contributed by atoms with van der Waals surface area (Å²) in [4.78, 5) is 15.0. The van der Waals surface area contributed by atoms with Gasteiger partial charge < -0.3 is 0 Å². The third-order valence-electron chi connectivity index (χ3n) is 3.33. The van der Waals surface area contributed by atoms with Crippen molar-refractivity contribution in [3.8, 4) is 0 Å². The van der Waals surface area contributed by atoms with Gasteiger partial charge in [-0.25, -0.2) is 4.39 Å². The van der Waals surface area contributed by atoms with E-state index in [1.807, 2.05) is 17.5 Å². The number of amides is 1. The number of thioether (sulfide) groups is 1. The topological polar surface area (TPSA) is 66.8 Å². The average Bonchev–Trinajstić information content (AvgIpc) is 3.17. The molecule has 0 bridgehead atoms. The summed E-state index contributed by atoms with van der Waals surface area (Å²) in [6, 6.07) is 8.14. The maximum absolute atomic E-state index is 13.0. The Balaban J connectivity index is 1.96. The molecular weight excluding hydrogens is 383 g/mol. The van der Waals surface area contributed by atoms with E-state index in [-0.39, 0.29) is 16.0 Å². The van der Waals surface area contributed by atoms with E-state index in [0.717, 1.165) is 40.9 Å². The molecule has 1 aliphatic heterocycles. The second kappa shape index (κ2) is 7.11. The molecule has 0 unspecified atom stereocenters. The molecule has 1 amide bonds. The zero-order chi connectivity index (χ0) is 18.0. The molecule has 1 aromatic carbocycles. The van der Waals surface area contributed by atoms with Gasteiger partial charge in [0, 0.05) is 11.4 Å². The Morgan fingerprint density at radius 2 is 1.96 bits per heavy atom. The van der Waals surface area contributed by atoms with Crippen molar-refractivity contribution in [1.82, 2.24) is 4.90 Å². The molecule has 2 heterocycles. The molecule has 0 atom stereocenters. The first-order valence-corrected chi connectivity index (χ1v) is 10.4. The van der Waals surface area contributed by atoms with Gasteiger partial charge in [-0.3, -0.25) is 9.69 Å². The lowest BCUT2D eigenvalue weighted by Gasteiger charge is -2.11. The van der Waals surface area contributed by atoms with Gasteiger partial charge in [0.1, 0.15) is 5.82 Å². The van der Waals surface area contributed by atoms with Crippen molar-refractivity contribution in [2.24, 2.45) is 4.40 Å². The zero-order valence-electron chi connectivity index (χ0n) is 13.0. The zero-order valence-corrected chi connectivity index (χ0v) is 15.5. The summed E-state index contributed by atoms with van der Waals surface area (Å²) in [7, 11) is -4.03. The van der Waals surface area contributed by atoms with Crippen LogP contribution in [0, 0.1) is 5.82 Å². The number of carbonyl (C=O) groups excluding carboxylic acids is 1. The Kier molecular flexibility index (Phi) is 5.07.